The zero-order valence-corrected chi connectivity index (χ0v) is 7.17. The summed E-state index contributed by atoms with van der Waals surface area (Å²) in [5.74, 6) is -2.62. The Kier molecular flexibility index (Phi) is 2.57. The molecule has 74 valence electrons. The molecule has 6 heteroatoms. The number of aldehydes is 1. The summed E-state index contributed by atoms with van der Waals surface area (Å²) >= 11 is 0. The van der Waals surface area contributed by atoms with E-state index < -0.39 is 35.4 Å². The van der Waals surface area contributed by atoms with Crippen LogP contribution in [0.3, 0.4) is 0 Å². The first-order valence-electron chi connectivity index (χ1n) is 3.82. The Balaban J connectivity index is 3.03. The van der Waals surface area contributed by atoms with Crippen LogP contribution in [0.2, 0.25) is 0 Å². The second-order valence-electron chi connectivity index (χ2n) is 2.88. The second kappa shape index (κ2) is 3.51. The smallest absolute Gasteiger partial charge is 0.360 e. The average molecular weight is 198 g/mol. The number of imide groups is 1. The monoisotopic (exact) mass is 198 g/mol. The fourth-order valence-corrected chi connectivity index (χ4v) is 1.30. The lowest BCUT2D eigenvalue weighted by Gasteiger charge is -2.23. The first kappa shape index (κ1) is 10.3. The fourth-order valence-electron chi connectivity index (χ4n) is 1.30. The molecule has 0 bridgehead atoms. The van der Waals surface area contributed by atoms with Crippen LogP contribution >= 0.6 is 0 Å². The Morgan fingerprint density at radius 1 is 1.36 bits per heavy atom. The number of carboxylic acid groups (broad SMARTS) is 1. The Bertz CT molecular complexity index is 326. The molecular weight excluding hydrogens is 190 g/mol. The van der Waals surface area contributed by atoms with Gasteiger partial charge in [-0.1, -0.05) is 0 Å². The molecular formula is C8H8NO5+. The number of carbonyl (C=O) groups excluding carboxylic acids is 3. The first-order chi connectivity index (χ1) is 6.53. The highest BCUT2D eigenvalue weighted by molar-refractivity contribution is 6.05. The quantitative estimate of drug-likeness (QED) is 0.345. The summed E-state index contributed by atoms with van der Waals surface area (Å²) in [6, 6.07) is 0. The number of carboxylic acids is 1. The van der Waals surface area contributed by atoms with Crippen LogP contribution in [0.25, 0.3) is 0 Å². The predicted octanol–water partition coefficient (Wildman–Crippen LogP) is -1.29. The molecule has 0 unspecified atom stereocenters. The lowest BCUT2D eigenvalue weighted by molar-refractivity contribution is -0.754. The van der Waals surface area contributed by atoms with Gasteiger partial charge in [-0.15, -0.1) is 0 Å². The lowest BCUT2D eigenvalue weighted by atomic mass is 10.3. The van der Waals surface area contributed by atoms with Gasteiger partial charge in [-0.2, -0.15) is 4.48 Å². The molecule has 2 amide bonds. The van der Waals surface area contributed by atoms with E-state index in [4.69, 9.17) is 5.11 Å². The van der Waals surface area contributed by atoms with Gasteiger partial charge in [-0.3, -0.25) is 4.79 Å². The molecule has 0 radical (unpaired) electrons. The standard InChI is InChI=1S/C8H7NO5/c10-4-3-9(5-8(13)14)6(11)1-2-7(9)12/h1-2,4H,3,5H2/p+1. The molecule has 6 nitrogen and oxygen atoms in total. The van der Waals surface area contributed by atoms with Crippen LogP contribution in [0.4, 0.5) is 0 Å². The van der Waals surface area contributed by atoms with Crippen molar-refractivity contribution in [3.8, 4) is 0 Å². The minimum absolute atomic E-state index is 0.367. The van der Waals surface area contributed by atoms with Crippen molar-refractivity contribution in [3.63, 3.8) is 0 Å². The van der Waals surface area contributed by atoms with Gasteiger partial charge in [0.05, 0.1) is 12.2 Å². The Morgan fingerprint density at radius 3 is 2.21 bits per heavy atom. The van der Waals surface area contributed by atoms with Gasteiger partial charge < -0.3 is 5.11 Å². The first-order valence-corrected chi connectivity index (χ1v) is 3.82. The second-order valence-corrected chi connectivity index (χ2v) is 2.88. The molecule has 14 heavy (non-hydrogen) atoms. The van der Waals surface area contributed by atoms with Crippen LogP contribution in [0.15, 0.2) is 12.2 Å². The zero-order chi connectivity index (χ0) is 10.8. The number of nitrogens with zero attached hydrogens (tertiary/aromatic N) is 1. The molecule has 0 aromatic rings. The molecule has 1 aliphatic heterocycles. The number of rotatable bonds is 4. The third-order valence-electron chi connectivity index (χ3n) is 2.00. The van der Waals surface area contributed by atoms with E-state index in [-0.39, 0.29) is 0 Å². The summed E-state index contributed by atoms with van der Waals surface area (Å²) in [7, 11) is 0. The van der Waals surface area contributed by atoms with Gasteiger partial charge in [0, 0.05) is 0 Å². The minimum atomic E-state index is -1.29. The lowest BCUT2D eigenvalue weighted by Crippen LogP contribution is -2.56. The van der Waals surface area contributed by atoms with Crippen molar-refractivity contribution in [1.82, 2.24) is 0 Å². The van der Waals surface area contributed by atoms with Crippen molar-refractivity contribution < 1.29 is 28.8 Å². The van der Waals surface area contributed by atoms with E-state index in [0.29, 0.717) is 6.29 Å². The van der Waals surface area contributed by atoms with Crippen molar-refractivity contribution in [3.05, 3.63) is 12.2 Å². The van der Waals surface area contributed by atoms with Crippen LogP contribution in [-0.2, 0) is 19.2 Å². The van der Waals surface area contributed by atoms with Gasteiger partial charge in [0.2, 0.25) is 0 Å². The molecule has 0 fully saturated rings. The highest BCUT2D eigenvalue weighted by Gasteiger charge is 2.47. The maximum Gasteiger partial charge on any atom is 0.360 e. The summed E-state index contributed by atoms with van der Waals surface area (Å²) < 4.78 is -0.959. The molecule has 0 aromatic heterocycles. The van der Waals surface area contributed by atoms with Crippen LogP contribution in [-0.4, -0.2) is 46.7 Å². The summed E-state index contributed by atoms with van der Waals surface area (Å²) in [5, 5.41) is 8.54. The van der Waals surface area contributed by atoms with Gasteiger partial charge >= 0.3 is 17.8 Å². The maximum absolute atomic E-state index is 11.3. The largest absolute Gasteiger partial charge is 0.477 e. The Morgan fingerprint density at radius 2 is 1.86 bits per heavy atom. The normalized spacial score (nSPS) is 18.6. The van der Waals surface area contributed by atoms with E-state index >= 15 is 0 Å². The highest BCUT2D eigenvalue weighted by Crippen LogP contribution is 2.15. The van der Waals surface area contributed by atoms with Crippen molar-refractivity contribution in [2.45, 2.75) is 0 Å². The highest BCUT2D eigenvalue weighted by atomic mass is 16.4. The predicted molar refractivity (Wildman–Crippen MR) is 42.8 cm³/mol. The Labute approximate surface area is 79.0 Å². The van der Waals surface area contributed by atoms with Crippen molar-refractivity contribution >= 4 is 24.1 Å². The number of aliphatic carboxylic acids is 1. The van der Waals surface area contributed by atoms with Crippen LogP contribution < -0.4 is 0 Å². The topological polar surface area (TPSA) is 88.5 Å². The third kappa shape index (κ3) is 1.47. The van der Waals surface area contributed by atoms with Crippen molar-refractivity contribution in [2.75, 3.05) is 13.1 Å². The van der Waals surface area contributed by atoms with E-state index in [1.165, 1.54) is 0 Å². The van der Waals surface area contributed by atoms with E-state index in [2.05, 4.69) is 0 Å². The van der Waals surface area contributed by atoms with E-state index in [9.17, 15) is 19.2 Å². The summed E-state index contributed by atoms with van der Waals surface area (Å²) in [6.45, 7) is -1.12. The number of hydrogen-bond donors (Lipinski definition) is 1. The molecule has 0 spiro atoms. The summed E-state index contributed by atoms with van der Waals surface area (Å²) in [6.07, 6.45) is 2.36. The van der Waals surface area contributed by atoms with Gasteiger partial charge in [-0.05, 0) is 0 Å². The Hall–Kier alpha value is -1.82. The molecule has 0 aromatic carbocycles. The number of quaternary nitrogens is 1. The van der Waals surface area contributed by atoms with Crippen LogP contribution in [0.1, 0.15) is 0 Å². The molecule has 1 heterocycles. The van der Waals surface area contributed by atoms with Gasteiger partial charge in [0.1, 0.15) is 6.54 Å². The molecule has 0 aliphatic carbocycles. The SMILES string of the molecule is O=CC[N+]1(CC(=O)O)C(=O)C=CC1=O. The third-order valence-corrected chi connectivity index (χ3v) is 2.00. The van der Waals surface area contributed by atoms with Crippen LogP contribution in [0, 0.1) is 0 Å². The number of amides is 2. The van der Waals surface area contributed by atoms with E-state index in [1.807, 2.05) is 0 Å². The average Bonchev–Trinajstić information content (AvgIpc) is 2.33. The molecule has 1 aliphatic rings. The molecule has 0 atom stereocenters. The fraction of sp³-hybridized carbons (Fsp3) is 0.250. The van der Waals surface area contributed by atoms with Crippen LogP contribution in [0.5, 0.6) is 0 Å². The summed E-state index contributed by atoms with van der Waals surface area (Å²) in [4.78, 5) is 43.3. The van der Waals surface area contributed by atoms with E-state index in [1.54, 1.807) is 0 Å². The molecule has 1 N–H and O–H groups in total. The van der Waals surface area contributed by atoms with Gasteiger partial charge in [0.25, 0.3) is 0 Å². The van der Waals surface area contributed by atoms with Crippen molar-refractivity contribution in [1.29, 1.82) is 0 Å². The summed E-state index contributed by atoms with van der Waals surface area (Å²) in [5.41, 5.74) is 0. The minimum Gasteiger partial charge on any atom is -0.477 e. The maximum atomic E-state index is 11.3. The number of hydrogen-bond acceptors (Lipinski definition) is 4. The molecule has 0 saturated carbocycles. The van der Waals surface area contributed by atoms with E-state index in [0.717, 1.165) is 12.2 Å². The number of carbonyl (C=O) groups is 4. The zero-order valence-electron chi connectivity index (χ0n) is 7.17. The van der Waals surface area contributed by atoms with Gasteiger partial charge in [0.15, 0.2) is 12.8 Å². The molecule has 1 rings (SSSR count). The molecule has 0 saturated heterocycles. The van der Waals surface area contributed by atoms with Gasteiger partial charge in [-0.25, -0.2) is 14.4 Å². The van der Waals surface area contributed by atoms with Crippen molar-refractivity contribution in [2.24, 2.45) is 0 Å².